The van der Waals surface area contributed by atoms with Crippen molar-refractivity contribution in [2.75, 3.05) is 18.4 Å². The van der Waals surface area contributed by atoms with Crippen molar-refractivity contribution in [3.63, 3.8) is 0 Å². The number of hydrogen-bond acceptors (Lipinski definition) is 6. The van der Waals surface area contributed by atoms with Gasteiger partial charge in [-0.3, -0.25) is 0 Å². The number of halogens is 1. The van der Waals surface area contributed by atoms with Gasteiger partial charge >= 0.3 is 5.69 Å². The Morgan fingerprint density at radius 1 is 1.14 bits per heavy atom. The van der Waals surface area contributed by atoms with E-state index in [1.165, 1.54) is 27.5 Å². The molecular formula is C18H15FN7OS. The number of aromatic amines is 1. The first kappa shape index (κ1) is 16.8. The van der Waals surface area contributed by atoms with Gasteiger partial charge in [0.2, 0.25) is 5.65 Å². The van der Waals surface area contributed by atoms with Gasteiger partial charge < -0.3 is 10.6 Å². The SMILES string of the molecule is O=c1[nH]nc2c(NCCNC3=Nc4ccccc4[SH]3)nc3ccc(F)cc3n12. The lowest BCUT2D eigenvalue weighted by atomic mass is 10.3. The summed E-state index contributed by atoms with van der Waals surface area (Å²) in [6.07, 6.45) is 0. The van der Waals surface area contributed by atoms with Gasteiger partial charge in [-0.15, -0.1) is 16.9 Å². The van der Waals surface area contributed by atoms with Crippen molar-refractivity contribution < 1.29 is 4.39 Å². The number of aromatic nitrogens is 4. The molecule has 8 nitrogen and oxygen atoms in total. The Bertz CT molecular complexity index is 1300. The summed E-state index contributed by atoms with van der Waals surface area (Å²) < 4.78 is 14.9. The van der Waals surface area contributed by atoms with Crippen molar-refractivity contribution in [2.45, 2.75) is 4.90 Å². The van der Waals surface area contributed by atoms with E-state index in [1.807, 2.05) is 18.2 Å². The van der Waals surface area contributed by atoms with Crippen molar-refractivity contribution >= 4 is 45.1 Å². The third-order valence-corrected chi connectivity index (χ3v) is 5.42. The number of anilines is 1. The zero-order chi connectivity index (χ0) is 19.1. The van der Waals surface area contributed by atoms with Gasteiger partial charge in [-0.05, 0) is 24.3 Å². The maximum atomic E-state index is 13.6. The van der Waals surface area contributed by atoms with E-state index in [2.05, 4.69) is 36.9 Å². The number of benzene rings is 2. The highest BCUT2D eigenvalue weighted by atomic mass is 32.2. The van der Waals surface area contributed by atoms with E-state index < -0.39 is 11.5 Å². The van der Waals surface area contributed by atoms with Gasteiger partial charge in [0.15, 0.2) is 11.0 Å². The van der Waals surface area contributed by atoms with Crippen LogP contribution in [0.4, 0.5) is 15.9 Å². The fraction of sp³-hybridized carbons (Fsp3) is 0.111. The maximum Gasteiger partial charge on any atom is 0.348 e. The molecule has 0 atom stereocenters. The summed E-state index contributed by atoms with van der Waals surface area (Å²) >= 11 is 1.05. The minimum Gasteiger partial charge on any atom is -0.365 e. The molecule has 0 aliphatic carbocycles. The predicted molar refractivity (Wildman–Crippen MR) is 108 cm³/mol. The molecule has 2 aromatic carbocycles. The Morgan fingerprint density at radius 3 is 2.89 bits per heavy atom. The van der Waals surface area contributed by atoms with Crippen LogP contribution in [0.25, 0.3) is 16.7 Å². The van der Waals surface area contributed by atoms with Crippen LogP contribution in [-0.2, 0) is 0 Å². The Labute approximate surface area is 161 Å². The highest BCUT2D eigenvalue weighted by Gasteiger charge is 2.14. The van der Waals surface area contributed by atoms with Crippen LogP contribution >= 0.6 is 11.8 Å². The monoisotopic (exact) mass is 396 g/mol. The number of amidine groups is 1. The number of nitrogens with zero attached hydrogens (tertiary/aromatic N) is 4. The average molecular weight is 396 g/mol. The standard InChI is InChI=1S/C18H15FN7OS/c19-10-5-6-11-13(9-10)26-16(24-25-18(26)27)15(22-11)20-7-8-21-17-23-12-3-1-2-4-14(12)28-17/h1-6,9,28H,7-8H2,(H,20,22)(H,21,23)(H,25,27). The number of H-pyrrole nitrogens is 1. The number of fused-ring (bicyclic) bond motifs is 4. The van der Waals surface area contributed by atoms with Gasteiger partial charge in [-0.1, -0.05) is 12.1 Å². The maximum absolute atomic E-state index is 13.6. The molecule has 0 unspecified atom stereocenters. The van der Waals surface area contributed by atoms with Crippen LogP contribution in [0.1, 0.15) is 0 Å². The van der Waals surface area contributed by atoms with E-state index in [1.54, 1.807) is 0 Å². The van der Waals surface area contributed by atoms with Crippen molar-refractivity contribution in [1.82, 2.24) is 24.9 Å². The first-order chi connectivity index (χ1) is 13.7. The predicted octanol–water partition coefficient (Wildman–Crippen LogP) is 2.24. The molecule has 0 bridgehead atoms. The lowest BCUT2D eigenvalue weighted by Crippen LogP contribution is -2.26. The van der Waals surface area contributed by atoms with Crippen LogP contribution in [0.15, 0.2) is 57.1 Å². The molecule has 1 aliphatic rings. The van der Waals surface area contributed by atoms with Gasteiger partial charge in [0.1, 0.15) is 5.82 Å². The van der Waals surface area contributed by atoms with E-state index in [4.69, 9.17) is 0 Å². The number of nitrogens with one attached hydrogen (secondary N) is 3. The Hall–Kier alpha value is -3.40. The summed E-state index contributed by atoms with van der Waals surface area (Å²) in [6, 6.07) is 12.1. The molecule has 1 aliphatic heterocycles. The molecule has 4 aromatic rings. The molecular weight excluding hydrogens is 381 g/mol. The van der Waals surface area contributed by atoms with Crippen LogP contribution in [0.5, 0.6) is 0 Å². The molecule has 0 amide bonds. The molecule has 0 saturated heterocycles. The molecule has 141 valence electrons. The molecule has 5 rings (SSSR count). The topological polar surface area (TPSA) is 99.5 Å². The molecule has 3 heterocycles. The molecule has 0 saturated carbocycles. The molecule has 0 spiro atoms. The lowest BCUT2D eigenvalue weighted by molar-refractivity contribution is 0.629. The third-order valence-electron chi connectivity index (χ3n) is 4.33. The van der Waals surface area contributed by atoms with Gasteiger partial charge in [0, 0.05) is 24.1 Å². The molecule has 0 fully saturated rings. The van der Waals surface area contributed by atoms with E-state index in [0.29, 0.717) is 35.6 Å². The highest BCUT2D eigenvalue weighted by Crippen LogP contribution is 2.36. The van der Waals surface area contributed by atoms with Gasteiger partial charge in [-0.2, -0.15) is 0 Å². The normalized spacial score (nSPS) is 13.0. The van der Waals surface area contributed by atoms with Crippen molar-refractivity contribution in [2.24, 2.45) is 4.99 Å². The molecule has 10 heteroatoms. The van der Waals surface area contributed by atoms with Crippen LogP contribution in [0.3, 0.4) is 0 Å². The number of aliphatic imine (C=N–C) groups is 1. The molecule has 3 N–H and O–H groups in total. The summed E-state index contributed by atoms with van der Waals surface area (Å²) in [6.45, 7) is 1.16. The summed E-state index contributed by atoms with van der Waals surface area (Å²) in [4.78, 5) is 22.3. The number of thiol groups is 1. The van der Waals surface area contributed by atoms with Crippen LogP contribution < -0.4 is 16.3 Å². The van der Waals surface area contributed by atoms with E-state index in [9.17, 15) is 9.18 Å². The van der Waals surface area contributed by atoms with Gasteiger partial charge in [-0.25, -0.2) is 28.7 Å². The first-order valence-corrected chi connectivity index (χ1v) is 9.52. The second-order valence-corrected chi connectivity index (χ2v) is 7.30. The van der Waals surface area contributed by atoms with Crippen LogP contribution in [-0.4, -0.2) is 37.8 Å². The van der Waals surface area contributed by atoms with E-state index in [-0.39, 0.29) is 0 Å². The highest BCUT2D eigenvalue weighted by molar-refractivity contribution is 8.14. The first-order valence-electron chi connectivity index (χ1n) is 8.63. The van der Waals surface area contributed by atoms with E-state index in [0.717, 1.165) is 22.6 Å². The Balaban J connectivity index is 1.33. The van der Waals surface area contributed by atoms with Gasteiger partial charge in [0.05, 0.1) is 16.7 Å². The number of hydrogen-bond donors (Lipinski definition) is 4. The zero-order valence-corrected chi connectivity index (χ0v) is 15.4. The fourth-order valence-corrected chi connectivity index (χ4v) is 4.06. The zero-order valence-electron chi connectivity index (χ0n) is 14.5. The summed E-state index contributed by atoms with van der Waals surface area (Å²) in [5, 5.41) is 13.8. The second kappa shape index (κ2) is 6.64. The fourth-order valence-electron chi connectivity index (χ4n) is 3.08. The van der Waals surface area contributed by atoms with Crippen LogP contribution in [0, 0.1) is 5.82 Å². The van der Waals surface area contributed by atoms with Gasteiger partial charge in [0.25, 0.3) is 0 Å². The lowest BCUT2D eigenvalue weighted by Gasteiger charge is -2.10. The van der Waals surface area contributed by atoms with Crippen molar-refractivity contribution in [3.05, 3.63) is 58.8 Å². The minimum atomic E-state index is -0.439. The summed E-state index contributed by atoms with van der Waals surface area (Å²) in [5.41, 5.74) is 1.75. The molecule has 1 radical (unpaired) electrons. The Morgan fingerprint density at radius 2 is 2.00 bits per heavy atom. The quantitative estimate of drug-likeness (QED) is 0.313. The summed E-state index contributed by atoms with van der Waals surface area (Å²) in [7, 11) is 0. The molecule has 2 aromatic heterocycles. The largest absolute Gasteiger partial charge is 0.365 e. The Kier molecular flexibility index (Phi) is 3.97. The second-order valence-electron chi connectivity index (χ2n) is 6.17. The third kappa shape index (κ3) is 2.87. The van der Waals surface area contributed by atoms with E-state index >= 15 is 0 Å². The smallest absolute Gasteiger partial charge is 0.348 e. The summed E-state index contributed by atoms with van der Waals surface area (Å²) in [5.74, 6) is 0.0135. The minimum absolute atomic E-state index is 0.326. The average Bonchev–Trinajstić information content (AvgIpc) is 3.29. The number of para-hydroxylation sites is 1. The van der Waals surface area contributed by atoms with Crippen molar-refractivity contribution in [1.29, 1.82) is 0 Å². The number of rotatable bonds is 4. The van der Waals surface area contributed by atoms with Crippen molar-refractivity contribution in [3.8, 4) is 0 Å². The molecule has 28 heavy (non-hydrogen) atoms. The van der Waals surface area contributed by atoms with Crippen LogP contribution in [0.2, 0.25) is 0 Å².